The maximum atomic E-state index is 14.2. The van der Waals surface area contributed by atoms with E-state index in [0.717, 1.165) is 15.4 Å². The van der Waals surface area contributed by atoms with Crippen LogP contribution in [0, 0.1) is 13.8 Å². The number of nitrogens with one attached hydrogen (secondary N) is 1. The van der Waals surface area contributed by atoms with Gasteiger partial charge >= 0.3 is 0 Å². The number of amides is 2. The first-order chi connectivity index (χ1) is 19.5. The lowest BCUT2D eigenvalue weighted by atomic mass is 10.1. The standard InChI is InChI=1S/C31H36Cl3N3O4S/c1-7-28(30(39)35-31(4,5)6)36(18-25-26(33)9-8-10-27(25)34)29(38)19-37(23-14-11-20(2)21(3)17-23)42(40,41)24-15-12-22(32)13-16-24/h8-17,28H,7,18-19H2,1-6H3,(H,35,39)/t28-/m0/s1. The van der Waals surface area contributed by atoms with E-state index in [0.29, 0.717) is 26.3 Å². The number of aryl methyl sites for hydroxylation is 2. The minimum absolute atomic E-state index is 0.0313. The van der Waals surface area contributed by atoms with Gasteiger partial charge < -0.3 is 10.2 Å². The fourth-order valence-corrected chi connectivity index (χ4v) is 6.42. The van der Waals surface area contributed by atoms with Gasteiger partial charge in [0.1, 0.15) is 12.6 Å². The van der Waals surface area contributed by atoms with Crippen molar-refractivity contribution in [2.75, 3.05) is 10.8 Å². The van der Waals surface area contributed by atoms with Crippen LogP contribution in [0.3, 0.4) is 0 Å². The monoisotopic (exact) mass is 651 g/mol. The Labute approximate surface area is 263 Å². The first-order valence-electron chi connectivity index (χ1n) is 13.4. The Morgan fingerprint density at radius 3 is 2.02 bits per heavy atom. The number of carbonyl (C=O) groups excluding carboxylic acids is 2. The number of halogens is 3. The van der Waals surface area contributed by atoms with Gasteiger partial charge in [-0.3, -0.25) is 13.9 Å². The number of rotatable bonds is 10. The fraction of sp³-hybridized carbons (Fsp3) is 0.355. The van der Waals surface area contributed by atoms with Crippen molar-refractivity contribution in [3.8, 4) is 0 Å². The quantitative estimate of drug-likeness (QED) is 0.251. The molecule has 0 saturated heterocycles. The van der Waals surface area contributed by atoms with Gasteiger partial charge in [-0.25, -0.2) is 8.42 Å². The summed E-state index contributed by atoms with van der Waals surface area (Å²) in [4.78, 5) is 29.0. The van der Waals surface area contributed by atoms with Gasteiger partial charge in [0.15, 0.2) is 0 Å². The summed E-state index contributed by atoms with van der Waals surface area (Å²) < 4.78 is 29.1. The van der Waals surface area contributed by atoms with Crippen molar-refractivity contribution in [1.29, 1.82) is 0 Å². The van der Waals surface area contributed by atoms with Gasteiger partial charge in [-0.1, -0.05) is 53.9 Å². The first-order valence-corrected chi connectivity index (χ1v) is 16.0. The first kappa shape index (κ1) is 33.7. The summed E-state index contributed by atoms with van der Waals surface area (Å²) in [6, 6.07) is 15.0. The van der Waals surface area contributed by atoms with E-state index in [1.807, 2.05) is 34.6 Å². The van der Waals surface area contributed by atoms with Gasteiger partial charge in [0.2, 0.25) is 11.8 Å². The molecule has 0 aliphatic rings. The van der Waals surface area contributed by atoms with Crippen LogP contribution in [0.4, 0.5) is 5.69 Å². The van der Waals surface area contributed by atoms with E-state index >= 15 is 0 Å². The van der Waals surface area contributed by atoms with Crippen LogP contribution in [0.25, 0.3) is 0 Å². The zero-order chi connectivity index (χ0) is 31.4. The average Bonchev–Trinajstić information content (AvgIpc) is 2.89. The summed E-state index contributed by atoms with van der Waals surface area (Å²) in [5.74, 6) is -0.975. The van der Waals surface area contributed by atoms with Crippen LogP contribution in [0.1, 0.15) is 50.8 Å². The minimum atomic E-state index is -4.23. The maximum Gasteiger partial charge on any atom is 0.264 e. The molecule has 0 heterocycles. The molecule has 0 aliphatic heterocycles. The van der Waals surface area contributed by atoms with E-state index in [1.54, 1.807) is 43.3 Å². The van der Waals surface area contributed by atoms with Crippen LogP contribution in [-0.2, 0) is 26.2 Å². The second kappa shape index (κ2) is 13.7. The highest BCUT2D eigenvalue weighted by Gasteiger charge is 2.35. The molecule has 1 N–H and O–H groups in total. The van der Waals surface area contributed by atoms with E-state index in [4.69, 9.17) is 34.8 Å². The summed E-state index contributed by atoms with van der Waals surface area (Å²) in [5.41, 5.74) is 2.02. The van der Waals surface area contributed by atoms with Crippen molar-refractivity contribution >= 4 is 62.3 Å². The molecule has 0 fully saturated rings. The number of nitrogens with zero attached hydrogens (tertiary/aromatic N) is 2. The lowest BCUT2D eigenvalue weighted by Crippen LogP contribution is -2.55. The average molecular weight is 653 g/mol. The third-order valence-electron chi connectivity index (χ3n) is 6.73. The fourth-order valence-electron chi connectivity index (χ4n) is 4.37. The highest BCUT2D eigenvalue weighted by molar-refractivity contribution is 7.92. The minimum Gasteiger partial charge on any atom is -0.350 e. The number of sulfonamides is 1. The Morgan fingerprint density at radius 1 is 0.905 bits per heavy atom. The normalized spacial score (nSPS) is 12.5. The number of hydrogen-bond donors (Lipinski definition) is 1. The molecule has 0 bridgehead atoms. The lowest BCUT2D eigenvalue weighted by molar-refractivity contribution is -0.141. The third kappa shape index (κ3) is 8.19. The largest absolute Gasteiger partial charge is 0.350 e. The van der Waals surface area contributed by atoms with Crippen molar-refractivity contribution in [2.24, 2.45) is 0 Å². The molecule has 0 saturated carbocycles. The third-order valence-corrected chi connectivity index (χ3v) is 9.48. The molecule has 7 nitrogen and oxygen atoms in total. The predicted octanol–water partition coefficient (Wildman–Crippen LogP) is 7.18. The Balaban J connectivity index is 2.14. The maximum absolute atomic E-state index is 14.2. The highest BCUT2D eigenvalue weighted by atomic mass is 35.5. The summed E-state index contributed by atoms with van der Waals surface area (Å²) >= 11 is 19.0. The van der Waals surface area contributed by atoms with Gasteiger partial charge in [0, 0.05) is 32.7 Å². The van der Waals surface area contributed by atoms with Gasteiger partial charge in [-0.05, 0) is 101 Å². The summed E-state index contributed by atoms with van der Waals surface area (Å²) in [5, 5.41) is 3.96. The molecule has 11 heteroatoms. The molecule has 3 aromatic rings. The second-order valence-corrected chi connectivity index (χ2v) is 14.2. The topological polar surface area (TPSA) is 86.8 Å². The van der Waals surface area contributed by atoms with Gasteiger partial charge in [-0.2, -0.15) is 0 Å². The lowest BCUT2D eigenvalue weighted by Gasteiger charge is -2.35. The molecule has 3 rings (SSSR count). The molecule has 0 aliphatic carbocycles. The second-order valence-electron chi connectivity index (χ2n) is 11.1. The predicted molar refractivity (Wildman–Crippen MR) is 171 cm³/mol. The number of anilines is 1. The highest BCUT2D eigenvalue weighted by Crippen LogP contribution is 2.30. The molecular formula is C31H36Cl3N3O4S. The Kier molecular flexibility index (Phi) is 11.0. The molecule has 0 spiro atoms. The van der Waals surface area contributed by atoms with Crippen molar-refractivity contribution < 1.29 is 18.0 Å². The Morgan fingerprint density at radius 2 is 1.50 bits per heavy atom. The zero-order valence-corrected chi connectivity index (χ0v) is 27.6. The van der Waals surface area contributed by atoms with E-state index in [2.05, 4.69) is 5.32 Å². The smallest absolute Gasteiger partial charge is 0.264 e. The van der Waals surface area contributed by atoms with Gasteiger partial charge in [0.05, 0.1) is 10.6 Å². The zero-order valence-electron chi connectivity index (χ0n) is 24.5. The van der Waals surface area contributed by atoms with E-state index < -0.39 is 34.1 Å². The van der Waals surface area contributed by atoms with E-state index in [9.17, 15) is 18.0 Å². The van der Waals surface area contributed by atoms with Crippen molar-refractivity contribution in [3.05, 3.63) is 92.4 Å². The number of hydrogen-bond acceptors (Lipinski definition) is 4. The molecule has 0 unspecified atom stereocenters. The number of carbonyl (C=O) groups is 2. The summed E-state index contributed by atoms with van der Waals surface area (Å²) in [6.07, 6.45) is 0.267. The van der Waals surface area contributed by atoms with Crippen LogP contribution < -0.4 is 9.62 Å². The molecule has 1 atom stereocenters. The van der Waals surface area contributed by atoms with Crippen LogP contribution in [0.15, 0.2) is 65.6 Å². The van der Waals surface area contributed by atoms with Gasteiger partial charge in [-0.15, -0.1) is 0 Å². The van der Waals surface area contributed by atoms with Crippen LogP contribution in [-0.4, -0.2) is 43.3 Å². The molecule has 226 valence electrons. The Hall–Kier alpha value is -2.78. The molecular weight excluding hydrogens is 617 g/mol. The van der Waals surface area contributed by atoms with E-state index in [1.165, 1.54) is 29.2 Å². The van der Waals surface area contributed by atoms with Crippen LogP contribution in [0.2, 0.25) is 15.1 Å². The van der Waals surface area contributed by atoms with Crippen LogP contribution in [0.5, 0.6) is 0 Å². The molecule has 2 amide bonds. The van der Waals surface area contributed by atoms with Crippen LogP contribution >= 0.6 is 34.8 Å². The van der Waals surface area contributed by atoms with E-state index in [-0.39, 0.29) is 23.8 Å². The van der Waals surface area contributed by atoms with Crippen molar-refractivity contribution in [1.82, 2.24) is 10.2 Å². The number of benzene rings is 3. The van der Waals surface area contributed by atoms with Crippen molar-refractivity contribution in [3.63, 3.8) is 0 Å². The summed E-state index contributed by atoms with van der Waals surface area (Å²) in [6.45, 7) is 10.4. The van der Waals surface area contributed by atoms with Crippen molar-refractivity contribution in [2.45, 2.75) is 71.0 Å². The molecule has 3 aromatic carbocycles. The summed E-state index contributed by atoms with van der Waals surface area (Å²) in [7, 11) is -4.23. The van der Waals surface area contributed by atoms with Gasteiger partial charge in [0.25, 0.3) is 10.0 Å². The SMILES string of the molecule is CC[C@@H](C(=O)NC(C)(C)C)N(Cc1c(Cl)cccc1Cl)C(=O)CN(c1ccc(C)c(C)c1)S(=O)(=O)c1ccc(Cl)cc1. The molecule has 42 heavy (non-hydrogen) atoms. The molecule has 0 radical (unpaired) electrons. The Bertz CT molecular complexity index is 1530. The molecule has 0 aromatic heterocycles.